The molecule has 2 atom stereocenters. The van der Waals surface area contributed by atoms with Crippen LogP contribution in [0.4, 0.5) is 0 Å². The minimum Gasteiger partial charge on any atom is -0.300 e. The molecule has 0 fully saturated rings. The van der Waals surface area contributed by atoms with E-state index in [1.807, 2.05) is 146 Å². The highest BCUT2D eigenvalue weighted by Crippen LogP contribution is 2.42. The van der Waals surface area contributed by atoms with Crippen LogP contribution in [0.2, 0.25) is 10.0 Å². The Morgan fingerprint density at radius 2 is 1.22 bits per heavy atom. The van der Waals surface area contributed by atoms with E-state index in [0.717, 1.165) is 37.9 Å². The Bertz CT molecular complexity index is 2350. The molecule has 6 rings (SSSR count). The number of aryl methyl sites for hydroxylation is 1. The van der Waals surface area contributed by atoms with Gasteiger partial charge in [-0.05, 0) is 108 Å². The topological polar surface area (TPSA) is 63.2 Å². The molecule has 8 heteroatoms. The van der Waals surface area contributed by atoms with Crippen LogP contribution in [0.15, 0.2) is 173 Å². The fourth-order valence-electron chi connectivity index (χ4n) is 6.70. The van der Waals surface area contributed by atoms with Crippen LogP contribution in [0.3, 0.4) is 0 Å². The van der Waals surface area contributed by atoms with E-state index in [1.54, 1.807) is 24.3 Å². The molecule has 276 valence electrons. The zero-order valence-electron chi connectivity index (χ0n) is 30.2. The molecule has 0 radical (unpaired) electrons. The number of rotatable bonds is 12. The standard InChI is InChI=1S/C47H38BrCl2NO3S/c1-33-15-29-43(30-16-33)55(53,54)51-46(37-17-23-40(48)24-18-37)45(34(2)52)32-47(38-10-5-3-6-11-38,39-12-7-4-8-13-39)31-9-14-44(35-19-25-41(49)26-20-35)36-21-27-42(50)28-22-36/h3-8,10-30,45-46,51H,32H2,1-2H3/t45-,46-/m1/s1. The van der Waals surface area contributed by atoms with Crippen LogP contribution in [-0.2, 0) is 20.2 Å². The SMILES string of the molecule is CC(=O)[C@@H](CC(C#CC=C(c1ccc(Cl)cc1)c1ccc(Cl)cc1)(c1ccccc1)c1ccccc1)[C@H](NS(=O)(=O)c1ccc(C)cc1)c1ccc(Br)cc1. The summed E-state index contributed by atoms with van der Waals surface area (Å²) in [5.41, 5.74) is 4.92. The van der Waals surface area contributed by atoms with Gasteiger partial charge in [-0.3, -0.25) is 4.79 Å². The van der Waals surface area contributed by atoms with Crippen molar-refractivity contribution in [3.63, 3.8) is 0 Å². The van der Waals surface area contributed by atoms with E-state index in [0.29, 0.717) is 15.6 Å². The summed E-state index contributed by atoms with van der Waals surface area (Å²) in [6.45, 7) is 3.42. The van der Waals surface area contributed by atoms with E-state index in [-0.39, 0.29) is 17.1 Å². The van der Waals surface area contributed by atoms with Gasteiger partial charge in [0.25, 0.3) is 0 Å². The van der Waals surface area contributed by atoms with Crippen LogP contribution < -0.4 is 4.72 Å². The molecule has 6 aromatic carbocycles. The summed E-state index contributed by atoms with van der Waals surface area (Å²) in [7, 11) is -4.07. The predicted molar refractivity (Wildman–Crippen MR) is 229 cm³/mol. The van der Waals surface area contributed by atoms with Crippen molar-refractivity contribution >= 4 is 60.5 Å². The first-order chi connectivity index (χ1) is 26.4. The second kappa shape index (κ2) is 17.8. The maximum Gasteiger partial charge on any atom is 0.241 e. The number of carbonyl (C=O) groups excluding carboxylic acids is 1. The Hall–Kier alpha value is -4.74. The van der Waals surface area contributed by atoms with Crippen molar-refractivity contribution in [3.8, 4) is 11.8 Å². The van der Waals surface area contributed by atoms with Gasteiger partial charge in [0, 0.05) is 20.4 Å². The zero-order valence-corrected chi connectivity index (χ0v) is 34.1. The summed E-state index contributed by atoms with van der Waals surface area (Å²) in [5.74, 6) is 6.03. The fourth-order valence-corrected chi connectivity index (χ4v) is 8.48. The molecule has 1 N–H and O–H groups in total. The molecule has 0 saturated heterocycles. The average molecular weight is 848 g/mol. The predicted octanol–water partition coefficient (Wildman–Crippen LogP) is 11.8. The number of benzene rings is 6. The number of ketones is 1. The number of allylic oxidation sites excluding steroid dienone is 1. The fraction of sp³-hybridized carbons (Fsp3) is 0.128. The van der Waals surface area contributed by atoms with Crippen LogP contribution in [0.5, 0.6) is 0 Å². The van der Waals surface area contributed by atoms with Gasteiger partial charge >= 0.3 is 0 Å². The lowest BCUT2D eigenvalue weighted by atomic mass is 9.67. The normalized spacial score (nSPS) is 12.5. The summed E-state index contributed by atoms with van der Waals surface area (Å²) < 4.78 is 32.0. The molecule has 0 heterocycles. The third-order valence-electron chi connectivity index (χ3n) is 9.64. The van der Waals surface area contributed by atoms with E-state index in [4.69, 9.17) is 23.2 Å². The molecule has 6 aromatic rings. The lowest BCUT2D eigenvalue weighted by Gasteiger charge is -2.36. The number of halogens is 3. The summed E-state index contributed by atoms with van der Waals surface area (Å²) in [4.78, 5) is 14.2. The minimum atomic E-state index is -4.07. The molecule has 55 heavy (non-hydrogen) atoms. The van der Waals surface area contributed by atoms with Crippen molar-refractivity contribution in [2.75, 3.05) is 0 Å². The van der Waals surface area contributed by atoms with Crippen molar-refractivity contribution in [1.82, 2.24) is 4.72 Å². The number of hydrogen-bond donors (Lipinski definition) is 1. The lowest BCUT2D eigenvalue weighted by Crippen LogP contribution is -2.40. The Balaban J connectivity index is 1.56. The van der Waals surface area contributed by atoms with Crippen molar-refractivity contribution in [3.05, 3.63) is 212 Å². The Morgan fingerprint density at radius 3 is 1.69 bits per heavy atom. The molecule has 0 spiro atoms. The molecule has 0 saturated carbocycles. The summed E-state index contributed by atoms with van der Waals surface area (Å²) in [6, 6.07) is 48.0. The number of nitrogens with one attached hydrogen (secondary N) is 1. The van der Waals surface area contributed by atoms with Gasteiger partial charge in [0.1, 0.15) is 5.78 Å². The zero-order chi connectivity index (χ0) is 39.0. The maximum absolute atomic E-state index is 14.1. The monoisotopic (exact) mass is 845 g/mol. The van der Waals surface area contributed by atoms with Gasteiger partial charge in [0.2, 0.25) is 10.0 Å². The molecule has 4 nitrogen and oxygen atoms in total. The molecule has 0 bridgehead atoms. The van der Waals surface area contributed by atoms with Crippen LogP contribution in [0.25, 0.3) is 5.57 Å². The lowest BCUT2D eigenvalue weighted by molar-refractivity contribution is -0.122. The smallest absolute Gasteiger partial charge is 0.241 e. The van der Waals surface area contributed by atoms with Crippen LogP contribution in [0.1, 0.15) is 52.8 Å². The first kappa shape index (κ1) is 39.9. The van der Waals surface area contributed by atoms with E-state index >= 15 is 0 Å². The largest absolute Gasteiger partial charge is 0.300 e. The molecule has 0 amide bonds. The first-order valence-electron chi connectivity index (χ1n) is 17.7. The highest BCUT2D eigenvalue weighted by atomic mass is 79.9. The second-order valence-electron chi connectivity index (χ2n) is 13.4. The number of hydrogen-bond acceptors (Lipinski definition) is 3. The van der Waals surface area contributed by atoms with Gasteiger partial charge in [0.15, 0.2) is 0 Å². The van der Waals surface area contributed by atoms with Crippen molar-refractivity contribution in [1.29, 1.82) is 0 Å². The molecule has 0 unspecified atom stereocenters. The van der Waals surface area contributed by atoms with Gasteiger partial charge in [-0.15, -0.1) is 0 Å². The Morgan fingerprint density at radius 1 is 0.727 bits per heavy atom. The summed E-state index contributed by atoms with van der Waals surface area (Å²) in [5, 5.41) is 1.23. The van der Waals surface area contributed by atoms with Gasteiger partial charge in [0.05, 0.1) is 16.4 Å². The Labute approximate surface area is 342 Å². The van der Waals surface area contributed by atoms with Gasteiger partial charge < -0.3 is 0 Å². The maximum atomic E-state index is 14.1. The van der Waals surface area contributed by atoms with Crippen LogP contribution >= 0.6 is 39.1 Å². The van der Waals surface area contributed by atoms with Crippen LogP contribution in [0, 0.1) is 24.7 Å². The average Bonchev–Trinajstić information content (AvgIpc) is 3.19. The minimum absolute atomic E-state index is 0.113. The molecular weight excluding hydrogens is 809 g/mol. The molecule has 0 aliphatic rings. The number of sulfonamides is 1. The molecular formula is C47H38BrCl2NO3S. The van der Waals surface area contributed by atoms with Gasteiger partial charge in [-0.25, -0.2) is 13.1 Å². The van der Waals surface area contributed by atoms with E-state index in [2.05, 4.69) is 32.5 Å². The van der Waals surface area contributed by atoms with E-state index in [9.17, 15) is 13.2 Å². The molecule has 0 aliphatic heterocycles. The molecule has 0 aromatic heterocycles. The number of Topliss-reactive ketones (excluding diaryl/α,β-unsaturated/α-hetero) is 1. The van der Waals surface area contributed by atoms with E-state index in [1.165, 1.54) is 6.92 Å². The number of carbonyl (C=O) groups is 1. The quantitative estimate of drug-likeness (QED) is 0.125. The van der Waals surface area contributed by atoms with Gasteiger partial charge in [-0.1, -0.05) is 166 Å². The van der Waals surface area contributed by atoms with Crippen LogP contribution in [-0.4, -0.2) is 14.2 Å². The highest BCUT2D eigenvalue weighted by molar-refractivity contribution is 9.10. The first-order valence-corrected chi connectivity index (χ1v) is 20.7. The molecule has 0 aliphatic carbocycles. The second-order valence-corrected chi connectivity index (χ2v) is 16.9. The van der Waals surface area contributed by atoms with Crippen molar-refractivity contribution in [2.45, 2.75) is 36.6 Å². The summed E-state index contributed by atoms with van der Waals surface area (Å²) in [6.07, 6.45) is 2.04. The third-order valence-corrected chi connectivity index (χ3v) is 12.1. The summed E-state index contributed by atoms with van der Waals surface area (Å²) >= 11 is 16.1. The van der Waals surface area contributed by atoms with E-state index < -0.39 is 27.4 Å². The third kappa shape index (κ3) is 9.74. The highest BCUT2D eigenvalue weighted by Gasteiger charge is 2.41. The Kier molecular flexibility index (Phi) is 12.9. The van der Waals surface area contributed by atoms with Crippen molar-refractivity contribution in [2.24, 2.45) is 5.92 Å². The van der Waals surface area contributed by atoms with Crippen molar-refractivity contribution < 1.29 is 13.2 Å². The van der Waals surface area contributed by atoms with Gasteiger partial charge in [-0.2, -0.15) is 0 Å².